The van der Waals surface area contributed by atoms with Crippen LogP contribution in [-0.4, -0.2) is 18.2 Å². The second-order valence-electron chi connectivity index (χ2n) is 5.07. The highest BCUT2D eigenvalue weighted by molar-refractivity contribution is 5.85. The van der Waals surface area contributed by atoms with E-state index in [1.807, 2.05) is 0 Å². The minimum absolute atomic E-state index is 0. The summed E-state index contributed by atoms with van der Waals surface area (Å²) in [5.74, 6) is 0. The van der Waals surface area contributed by atoms with Crippen LogP contribution in [0.5, 0.6) is 0 Å². The van der Waals surface area contributed by atoms with Crippen molar-refractivity contribution in [2.24, 2.45) is 11.1 Å². The number of hydrogen-bond donors (Lipinski definition) is 1. The monoisotopic (exact) mass is 207 g/mol. The SMILES string of the molecule is CC(C)OC1(CN)CC(C)(C)C1.Cl. The minimum atomic E-state index is -0.00231. The van der Waals surface area contributed by atoms with E-state index in [9.17, 15) is 0 Å². The molecule has 1 saturated carbocycles. The molecular weight excluding hydrogens is 186 g/mol. The Morgan fingerprint density at radius 2 is 1.77 bits per heavy atom. The number of halogens is 1. The Hall–Kier alpha value is 0.210. The first-order chi connectivity index (χ1) is 5.39. The van der Waals surface area contributed by atoms with Gasteiger partial charge in [0, 0.05) is 6.54 Å². The van der Waals surface area contributed by atoms with Crippen LogP contribution in [0.1, 0.15) is 40.5 Å². The van der Waals surface area contributed by atoms with E-state index >= 15 is 0 Å². The second kappa shape index (κ2) is 4.16. The third kappa shape index (κ3) is 3.12. The highest BCUT2D eigenvalue weighted by Crippen LogP contribution is 2.49. The average molecular weight is 208 g/mol. The van der Waals surface area contributed by atoms with Crippen LogP contribution in [0.4, 0.5) is 0 Å². The Balaban J connectivity index is 0.00000144. The van der Waals surface area contributed by atoms with Crippen LogP contribution in [0, 0.1) is 5.41 Å². The fourth-order valence-corrected chi connectivity index (χ4v) is 2.47. The second-order valence-corrected chi connectivity index (χ2v) is 5.07. The lowest BCUT2D eigenvalue weighted by atomic mass is 9.61. The summed E-state index contributed by atoms with van der Waals surface area (Å²) in [5, 5.41) is 0. The standard InChI is InChI=1S/C10H21NO.ClH/c1-8(2)12-10(7-11)5-9(3,4)6-10;/h8H,5-7,11H2,1-4H3;1H. The van der Waals surface area contributed by atoms with Crippen molar-refractivity contribution >= 4 is 12.4 Å². The number of ether oxygens (including phenoxy) is 1. The first-order valence-corrected chi connectivity index (χ1v) is 4.77. The molecule has 1 aliphatic rings. The van der Waals surface area contributed by atoms with Crippen molar-refractivity contribution in [3.8, 4) is 0 Å². The van der Waals surface area contributed by atoms with Crippen LogP contribution < -0.4 is 5.73 Å². The maximum atomic E-state index is 5.83. The maximum Gasteiger partial charge on any atom is 0.0817 e. The number of hydrogen-bond acceptors (Lipinski definition) is 2. The zero-order chi connectivity index (χ0) is 9.41. The average Bonchev–Trinajstić information content (AvgIpc) is 1.81. The Morgan fingerprint density at radius 3 is 2.00 bits per heavy atom. The molecule has 0 atom stereocenters. The molecule has 80 valence electrons. The van der Waals surface area contributed by atoms with E-state index < -0.39 is 0 Å². The van der Waals surface area contributed by atoms with Gasteiger partial charge >= 0.3 is 0 Å². The van der Waals surface area contributed by atoms with Crippen LogP contribution in [0.25, 0.3) is 0 Å². The molecule has 0 aromatic carbocycles. The molecule has 1 fully saturated rings. The van der Waals surface area contributed by atoms with E-state index in [0.717, 1.165) is 12.8 Å². The maximum absolute atomic E-state index is 5.83. The highest BCUT2D eigenvalue weighted by Gasteiger charge is 2.49. The molecule has 0 bridgehead atoms. The molecule has 0 aliphatic heterocycles. The summed E-state index contributed by atoms with van der Waals surface area (Å²) in [6, 6.07) is 0. The van der Waals surface area contributed by atoms with Gasteiger partial charge in [-0.05, 0) is 32.1 Å². The van der Waals surface area contributed by atoms with Gasteiger partial charge in [-0.3, -0.25) is 0 Å². The molecule has 0 unspecified atom stereocenters. The molecule has 1 rings (SSSR count). The smallest absolute Gasteiger partial charge is 0.0817 e. The Kier molecular flexibility index (Phi) is 4.23. The molecule has 0 amide bonds. The van der Waals surface area contributed by atoms with E-state index in [-0.39, 0.29) is 18.0 Å². The normalized spacial score (nSPS) is 23.5. The first-order valence-electron chi connectivity index (χ1n) is 4.77. The van der Waals surface area contributed by atoms with Crippen LogP contribution in [0.2, 0.25) is 0 Å². The van der Waals surface area contributed by atoms with Crippen molar-refractivity contribution in [3.63, 3.8) is 0 Å². The van der Waals surface area contributed by atoms with Crippen LogP contribution >= 0.6 is 12.4 Å². The number of nitrogens with two attached hydrogens (primary N) is 1. The van der Waals surface area contributed by atoms with E-state index in [2.05, 4.69) is 27.7 Å². The minimum Gasteiger partial charge on any atom is -0.371 e. The molecular formula is C10H22ClNO. The van der Waals surface area contributed by atoms with Gasteiger partial charge in [0.05, 0.1) is 11.7 Å². The van der Waals surface area contributed by atoms with E-state index in [4.69, 9.17) is 10.5 Å². The van der Waals surface area contributed by atoms with E-state index in [1.54, 1.807) is 0 Å². The van der Waals surface area contributed by atoms with E-state index in [0.29, 0.717) is 18.1 Å². The molecule has 0 heterocycles. The molecule has 1 aliphatic carbocycles. The van der Waals surface area contributed by atoms with Gasteiger partial charge in [0.25, 0.3) is 0 Å². The number of rotatable bonds is 3. The van der Waals surface area contributed by atoms with Crippen LogP contribution in [0.15, 0.2) is 0 Å². The highest BCUT2D eigenvalue weighted by atomic mass is 35.5. The molecule has 0 aromatic heterocycles. The largest absolute Gasteiger partial charge is 0.371 e. The van der Waals surface area contributed by atoms with Gasteiger partial charge in [-0.2, -0.15) is 0 Å². The third-order valence-corrected chi connectivity index (χ3v) is 2.46. The summed E-state index contributed by atoms with van der Waals surface area (Å²) in [5.41, 5.74) is 6.15. The fraction of sp³-hybridized carbons (Fsp3) is 1.00. The molecule has 13 heavy (non-hydrogen) atoms. The predicted molar refractivity (Wildman–Crippen MR) is 58.3 cm³/mol. The van der Waals surface area contributed by atoms with Gasteiger partial charge in [0.15, 0.2) is 0 Å². The van der Waals surface area contributed by atoms with E-state index in [1.165, 1.54) is 0 Å². The lowest BCUT2D eigenvalue weighted by Gasteiger charge is -2.53. The van der Waals surface area contributed by atoms with Gasteiger partial charge < -0.3 is 10.5 Å². The quantitative estimate of drug-likeness (QED) is 0.771. The predicted octanol–water partition coefficient (Wildman–Crippen LogP) is 2.35. The molecule has 3 heteroatoms. The lowest BCUT2D eigenvalue weighted by molar-refractivity contribution is -0.172. The Labute approximate surface area is 87.6 Å². The van der Waals surface area contributed by atoms with Crippen molar-refractivity contribution in [2.45, 2.75) is 52.2 Å². The van der Waals surface area contributed by atoms with Gasteiger partial charge in [-0.15, -0.1) is 12.4 Å². The van der Waals surface area contributed by atoms with Crippen molar-refractivity contribution < 1.29 is 4.74 Å². The van der Waals surface area contributed by atoms with Crippen LogP contribution in [-0.2, 0) is 4.74 Å². The van der Waals surface area contributed by atoms with Crippen molar-refractivity contribution in [1.29, 1.82) is 0 Å². The fourth-order valence-electron chi connectivity index (χ4n) is 2.47. The van der Waals surface area contributed by atoms with Gasteiger partial charge in [-0.25, -0.2) is 0 Å². The lowest BCUT2D eigenvalue weighted by Crippen LogP contribution is -2.56. The molecule has 0 saturated heterocycles. The molecule has 2 nitrogen and oxygen atoms in total. The summed E-state index contributed by atoms with van der Waals surface area (Å²) in [6.45, 7) is 9.34. The van der Waals surface area contributed by atoms with Gasteiger partial charge in [0.2, 0.25) is 0 Å². The Bertz CT molecular complexity index is 155. The summed E-state index contributed by atoms with van der Waals surface area (Å²) in [4.78, 5) is 0. The van der Waals surface area contributed by atoms with Crippen LogP contribution in [0.3, 0.4) is 0 Å². The summed E-state index contributed by atoms with van der Waals surface area (Å²) in [6.07, 6.45) is 2.51. The van der Waals surface area contributed by atoms with Crippen molar-refractivity contribution in [3.05, 3.63) is 0 Å². The molecule has 0 spiro atoms. The zero-order valence-electron chi connectivity index (χ0n) is 9.09. The summed E-state index contributed by atoms with van der Waals surface area (Å²) in [7, 11) is 0. The van der Waals surface area contributed by atoms with Gasteiger partial charge in [-0.1, -0.05) is 13.8 Å². The van der Waals surface area contributed by atoms with Crippen molar-refractivity contribution in [2.75, 3.05) is 6.54 Å². The van der Waals surface area contributed by atoms with Gasteiger partial charge in [0.1, 0.15) is 0 Å². The summed E-state index contributed by atoms with van der Waals surface area (Å²) < 4.78 is 5.83. The van der Waals surface area contributed by atoms with Crippen molar-refractivity contribution in [1.82, 2.24) is 0 Å². The topological polar surface area (TPSA) is 35.2 Å². The zero-order valence-corrected chi connectivity index (χ0v) is 9.91. The molecule has 2 N–H and O–H groups in total. The first kappa shape index (κ1) is 13.2. The molecule has 0 aromatic rings. The third-order valence-electron chi connectivity index (χ3n) is 2.46. The molecule has 0 radical (unpaired) electrons. The summed E-state index contributed by atoms with van der Waals surface area (Å²) >= 11 is 0. The Morgan fingerprint density at radius 1 is 1.31 bits per heavy atom.